The van der Waals surface area contributed by atoms with E-state index < -0.39 is 11.9 Å². The van der Waals surface area contributed by atoms with Crippen LogP contribution in [0.15, 0.2) is 83.1 Å². The molecule has 34 heavy (non-hydrogen) atoms. The third-order valence-corrected chi connectivity index (χ3v) is 6.39. The fourth-order valence-electron chi connectivity index (χ4n) is 3.64. The zero-order chi connectivity index (χ0) is 24.7. The van der Waals surface area contributed by atoms with Gasteiger partial charge < -0.3 is 15.4 Å². The molecule has 0 saturated heterocycles. The van der Waals surface area contributed by atoms with Crippen LogP contribution in [0.25, 0.3) is 0 Å². The molecule has 1 amide bonds. The van der Waals surface area contributed by atoms with Crippen LogP contribution in [0.1, 0.15) is 29.5 Å². The van der Waals surface area contributed by atoms with Crippen molar-refractivity contribution in [3.05, 3.63) is 99.7 Å². The standard InChI is InChI=1S/C27H27N3O3S/c1-5-14-33-27(32)24-19(4)29-26(21(15-28)25(24)20-12-10-17(2)11-13-20)34-16-23(31)30-22-9-7-6-8-18(22)3/h5-13,25,29H,1,14,16H2,2-4H3,(H,30,31)/t25-/m1/s1. The lowest BCUT2D eigenvalue weighted by Gasteiger charge is -2.29. The molecule has 0 bridgehead atoms. The Bertz CT molecular complexity index is 1210. The number of esters is 1. The second kappa shape index (κ2) is 11.4. The average molecular weight is 474 g/mol. The van der Waals surface area contributed by atoms with Gasteiger partial charge in [0.05, 0.1) is 33.9 Å². The number of allylic oxidation sites excluding steroid dienone is 2. The number of thioether (sulfide) groups is 1. The highest BCUT2D eigenvalue weighted by molar-refractivity contribution is 8.03. The highest BCUT2D eigenvalue weighted by atomic mass is 32.2. The number of carbonyl (C=O) groups excluding carboxylic acids is 2. The van der Waals surface area contributed by atoms with Crippen molar-refractivity contribution >= 4 is 29.3 Å². The number of rotatable bonds is 8. The highest BCUT2D eigenvalue weighted by Crippen LogP contribution is 2.41. The molecule has 1 atom stereocenters. The number of ether oxygens (including phenoxy) is 1. The van der Waals surface area contributed by atoms with Gasteiger partial charge in [0.1, 0.15) is 6.61 Å². The maximum Gasteiger partial charge on any atom is 0.337 e. The van der Waals surface area contributed by atoms with Crippen molar-refractivity contribution in [1.29, 1.82) is 5.26 Å². The number of aryl methyl sites for hydroxylation is 2. The fourth-order valence-corrected chi connectivity index (χ4v) is 4.53. The number of nitrogens with zero attached hydrogens (tertiary/aromatic N) is 1. The van der Waals surface area contributed by atoms with E-state index in [0.717, 1.165) is 22.4 Å². The lowest BCUT2D eigenvalue weighted by Crippen LogP contribution is -2.29. The van der Waals surface area contributed by atoms with E-state index in [2.05, 4.69) is 23.3 Å². The average Bonchev–Trinajstić information content (AvgIpc) is 2.82. The van der Waals surface area contributed by atoms with Crippen LogP contribution in [-0.2, 0) is 14.3 Å². The van der Waals surface area contributed by atoms with E-state index in [-0.39, 0.29) is 18.3 Å². The van der Waals surface area contributed by atoms with E-state index in [0.29, 0.717) is 21.9 Å². The molecular weight excluding hydrogens is 446 g/mol. The second-order valence-corrected chi connectivity index (χ2v) is 8.89. The lowest BCUT2D eigenvalue weighted by atomic mass is 9.82. The number of benzene rings is 2. The minimum absolute atomic E-state index is 0.0719. The quantitative estimate of drug-likeness (QED) is 0.409. The van der Waals surface area contributed by atoms with Crippen LogP contribution in [0, 0.1) is 25.2 Å². The van der Waals surface area contributed by atoms with Crippen molar-refractivity contribution in [2.24, 2.45) is 0 Å². The van der Waals surface area contributed by atoms with E-state index in [1.54, 1.807) is 6.92 Å². The Hall–Kier alpha value is -3.76. The summed E-state index contributed by atoms with van der Waals surface area (Å²) in [5.74, 6) is -1.20. The molecule has 0 unspecified atom stereocenters. The second-order valence-electron chi connectivity index (χ2n) is 7.90. The van der Waals surface area contributed by atoms with Gasteiger partial charge in [0.25, 0.3) is 0 Å². The number of nitriles is 1. The van der Waals surface area contributed by atoms with Gasteiger partial charge in [-0.3, -0.25) is 4.79 Å². The van der Waals surface area contributed by atoms with E-state index >= 15 is 0 Å². The summed E-state index contributed by atoms with van der Waals surface area (Å²) in [4.78, 5) is 25.5. The Morgan fingerprint density at radius 2 is 1.88 bits per heavy atom. The summed E-state index contributed by atoms with van der Waals surface area (Å²) in [6.45, 7) is 9.33. The number of para-hydroxylation sites is 1. The normalized spacial score (nSPS) is 15.3. The molecule has 2 aromatic carbocycles. The van der Waals surface area contributed by atoms with Crippen molar-refractivity contribution in [3.8, 4) is 6.07 Å². The van der Waals surface area contributed by atoms with Crippen molar-refractivity contribution < 1.29 is 14.3 Å². The molecule has 7 heteroatoms. The van der Waals surface area contributed by atoms with Crippen LogP contribution < -0.4 is 10.6 Å². The Balaban J connectivity index is 1.90. The smallest absolute Gasteiger partial charge is 0.337 e. The van der Waals surface area contributed by atoms with Gasteiger partial charge in [-0.15, -0.1) is 0 Å². The summed E-state index contributed by atoms with van der Waals surface area (Å²) in [7, 11) is 0. The van der Waals surface area contributed by atoms with E-state index in [4.69, 9.17) is 4.74 Å². The van der Waals surface area contributed by atoms with Crippen molar-refractivity contribution in [3.63, 3.8) is 0 Å². The number of hydrogen-bond donors (Lipinski definition) is 2. The van der Waals surface area contributed by atoms with Crippen molar-refractivity contribution in [2.75, 3.05) is 17.7 Å². The van der Waals surface area contributed by atoms with Crippen LogP contribution in [-0.4, -0.2) is 24.2 Å². The van der Waals surface area contributed by atoms with E-state index in [1.165, 1.54) is 17.8 Å². The van der Waals surface area contributed by atoms with Gasteiger partial charge in [-0.25, -0.2) is 4.79 Å². The van der Waals surface area contributed by atoms with Crippen LogP contribution in [0.2, 0.25) is 0 Å². The largest absolute Gasteiger partial charge is 0.458 e. The van der Waals surface area contributed by atoms with Crippen LogP contribution in [0.5, 0.6) is 0 Å². The fraction of sp³-hybridized carbons (Fsp3) is 0.222. The van der Waals surface area contributed by atoms with E-state index in [1.807, 2.05) is 62.4 Å². The predicted molar refractivity (Wildman–Crippen MR) is 136 cm³/mol. The molecule has 2 aromatic rings. The summed E-state index contributed by atoms with van der Waals surface area (Å²) in [6.07, 6.45) is 1.50. The number of anilines is 1. The summed E-state index contributed by atoms with van der Waals surface area (Å²) in [6, 6.07) is 17.5. The molecule has 0 radical (unpaired) electrons. The molecule has 1 aliphatic heterocycles. The number of nitrogens with one attached hydrogen (secondary N) is 2. The third kappa shape index (κ3) is 5.77. The molecule has 0 aliphatic carbocycles. The molecule has 0 spiro atoms. The van der Waals surface area contributed by atoms with Crippen molar-refractivity contribution in [1.82, 2.24) is 5.32 Å². The number of hydrogen-bond acceptors (Lipinski definition) is 6. The first kappa shape index (κ1) is 24.9. The number of amides is 1. The zero-order valence-electron chi connectivity index (χ0n) is 19.5. The number of dihydropyridines is 1. The first-order valence-corrected chi connectivity index (χ1v) is 11.8. The Kier molecular flexibility index (Phi) is 8.34. The zero-order valence-corrected chi connectivity index (χ0v) is 20.3. The molecule has 1 aliphatic rings. The van der Waals surface area contributed by atoms with Gasteiger partial charge >= 0.3 is 5.97 Å². The molecule has 1 heterocycles. The van der Waals surface area contributed by atoms with Gasteiger partial charge in [0.15, 0.2) is 0 Å². The van der Waals surface area contributed by atoms with Crippen LogP contribution >= 0.6 is 11.8 Å². The summed E-state index contributed by atoms with van der Waals surface area (Å²) < 4.78 is 5.32. The van der Waals surface area contributed by atoms with E-state index in [9.17, 15) is 14.9 Å². The molecule has 0 aromatic heterocycles. The molecular formula is C27H27N3O3S. The minimum atomic E-state index is -0.605. The Labute approximate surface area is 204 Å². The maximum atomic E-state index is 12.9. The first-order chi connectivity index (χ1) is 16.3. The predicted octanol–water partition coefficient (Wildman–Crippen LogP) is 5.10. The van der Waals surface area contributed by atoms with Crippen molar-refractivity contribution in [2.45, 2.75) is 26.7 Å². The van der Waals surface area contributed by atoms with Gasteiger partial charge in [-0.05, 0) is 38.0 Å². The lowest BCUT2D eigenvalue weighted by molar-refractivity contribution is -0.138. The molecule has 0 saturated carbocycles. The topological polar surface area (TPSA) is 91.2 Å². The summed E-state index contributed by atoms with van der Waals surface area (Å²) in [5.41, 5.74) is 4.91. The van der Waals surface area contributed by atoms with Gasteiger partial charge in [0.2, 0.25) is 5.91 Å². The molecule has 174 valence electrons. The van der Waals surface area contributed by atoms with Gasteiger partial charge in [0, 0.05) is 11.4 Å². The Morgan fingerprint density at radius 1 is 1.18 bits per heavy atom. The highest BCUT2D eigenvalue weighted by Gasteiger charge is 2.35. The number of carbonyl (C=O) groups is 2. The monoisotopic (exact) mass is 473 g/mol. The minimum Gasteiger partial charge on any atom is -0.458 e. The van der Waals surface area contributed by atoms with Gasteiger partial charge in [-0.1, -0.05) is 72.4 Å². The molecule has 2 N–H and O–H groups in total. The summed E-state index contributed by atoms with van der Waals surface area (Å²) >= 11 is 1.23. The molecule has 3 rings (SSSR count). The first-order valence-electron chi connectivity index (χ1n) is 10.8. The van der Waals surface area contributed by atoms with Gasteiger partial charge in [-0.2, -0.15) is 5.26 Å². The SMILES string of the molecule is C=CCOC(=O)C1=C(C)NC(SCC(=O)Nc2ccccc2C)=C(C#N)[C@H]1c1ccc(C)cc1. The Morgan fingerprint density at radius 3 is 2.53 bits per heavy atom. The van der Waals surface area contributed by atoms with Crippen LogP contribution in [0.4, 0.5) is 5.69 Å². The maximum absolute atomic E-state index is 12.9. The summed E-state index contributed by atoms with van der Waals surface area (Å²) in [5, 5.41) is 16.7. The molecule has 0 fully saturated rings. The molecule has 6 nitrogen and oxygen atoms in total. The third-order valence-electron chi connectivity index (χ3n) is 5.38. The van der Waals surface area contributed by atoms with Crippen LogP contribution in [0.3, 0.4) is 0 Å².